The number of ether oxygens (including phenoxy) is 2. The molecule has 0 saturated carbocycles. The number of methoxy groups -OCH3 is 2. The van der Waals surface area contributed by atoms with Crippen LogP contribution in [0.4, 0.5) is 0 Å². The van der Waals surface area contributed by atoms with Crippen molar-refractivity contribution in [2.24, 2.45) is 5.84 Å². The number of hydrazine groups is 1. The van der Waals surface area contributed by atoms with E-state index in [9.17, 15) is 0 Å². The summed E-state index contributed by atoms with van der Waals surface area (Å²) in [5.74, 6) is 7.75. The van der Waals surface area contributed by atoms with Crippen molar-refractivity contribution < 1.29 is 9.47 Å². The van der Waals surface area contributed by atoms with Gasteiger partial charge in [-0.25, -0.2) is 0 Å². The Bertz CT molecular complexity index is 620. The lowest BCUT2D eigenvalue weighted by atomic mass is 9.72. The van der Waals surface area contributed by atoms with Gasteiger partial charge in [-0.05, 0) is 35.2 Å². The Morgan fingerprint density at radius 3 is 2.33 bits per heavy atom. The van der Waals surface area contributed by atoms with Crippen LogP contribution in [0, 0.1) is 0 Å². The van der Waals surface area contributed by atoms with Crippen molar-refractivity contribution in [3.63, 3.8) is 0 Å². The Balaban J connectivity index is 1.94. The summed E-state index contributed by atoms with van der Waals surface area (Å²) in [5, 5.41) is 0. The molecule has 0 spiro atoms. The second kappa shape index (κ2) is 5.76. The molecule has 0 saturated heterocycles. The van der Waals surface area contributed by atoms with Gasteiger partial charge in [0, 0.05) is 12.0 Å². The largest absolute Gasteiger partial charge is 0.497 e. The van der Waals surface area contributed by atoms with E-state index in [4.69, 9.17) is 15.3 Å². The quantitative estimate of drug-likeness (QED) is 0.654. The molecule has 0 bridgehead atoms. The third-order valence-corrected chi connectivity index (χ3v) is 4.21. The standard InChI is InChI=1S/C17H20N2O2/c1-20-13-7-12(8-14(10-13)21-2)17(19-18)16-9-11-5-3-4-6-15(11)16/h3-8,10,16-17,19H,9,18H2,1-2H3. The minimum atomic E-state index is 0.0453. The molecule has 4 nitrogen and oxygen atoms in total. The van der Waals surface area contributed by atoms with Gasteiger partial charge in [-0.1, -0.05) is 24.3 Å². The molecular weight excluding hydrogens is 264 g/mol. The lowest BCUT2D eigenvalue weighted by molar-refractivity contribution is 0.384. The van der Waals surface area contributed by atoms with Gasteiger partial charge < -0.3 is 9.47 Å². The van der Waals surface area contributed by atoms with Crippen LogP contribution >= 0.6 is 0 Å². The van der Waals surface area contributed by atoms with E-state index in [1.807, 2.05) is 18.2 Å². The van der Waals surface area contributed by atoms with Crippen LogP contribution in [0.15, 0.2) is 42.5 Å². The lowest BCUT2D eigenvalue weighted by Gasteiger charge is -2.36. The maximum atomic E-state index is 5.82. The van der Waals surface area contributed by atoms with Crippen molar-refractivity contribution >= 4 is 0 Å². The molecule has 3 rings (SSSR count). The van der Waals surface area contributed by atoms with Crippen LogP contribution < -0.4 is 20.7 Å². The second-order valence-electron chi connectivity index (χ2n) is 5.30. The van der Waals surface area contributed by atoms with Gasteiger partial charge in [0.2, 0.25) is 0 Å². The van der Waals surface area contributed by atoms with Crippen LogP contribution in [0.5, 0.6) is 11.5 Å². The predicted octanol–water partition coefficient (Wildman–Crippen LogP) is 2.55. The van der Waals surface area contributed by atoms with Crippen molar-refractivity contribution in [2.45, 2.75) is 18.4 Å². The predicted molar refractivity (Wildman–Crippen MR) is 82.5 cm³/mol. The molecule has 0 fully saturated rings. The van der Waals surface area contributed by atoms with Gasteiger partial charge in [0.25, 0.3) is 0 Å². The third-order valence-electron chi connectivity index (χ3n) is 4.21. The first-order valence-corrected chi connectivity index (χ1v) is 7.03. The molecule has 0 amide bonds. The van der Waals surface area contributed by atoms with Crippen LogP contribution in [0.1, 0.15) is 28.7 Å². The highest BCUT2D eigenvalue weighted by molar-refractivity contribution is 5.46. The van der Waals surface area contributed by atoms with Crippen molar-refractivity contribution in [1.29, 1.82) is 0 Å². The zero-order valence-corrected chi connectivity index (χ0v) is 12.3. The number of rotatable bonds is 5. The number of nitrogens with one attached hydrogen (secondary N) is 1. The topological polar surface area (TPSA) is 56.5 Å². The Labute approximate surface area is 124 Å². The fourth-order valence-corrected chi connectivity index (χ4v) is 3.05. The van der Waals surface area contributed by atoms with Crippen molar-refractivity contribution in [1.82, 2.24) is 5.43 Å². The Morgan fingerprint density at radius 2 is 1.76 bits per heavy atom. The van der Waals surface area contributed by atoms with Gasteiger partial charge >= 0.3 is 0 Å². The van der Waals surface area contributed by atoms with Crippen molar-refractivity contribution in [3.05, 3.63) is 59.2 Å². The molecule has 0 radical (unpaired) electrons. The summed E-state index contributed by atoms with van der Waals surface area (Å²) in [6, 6.07) is 14.4. The highest BCUT2D eigenvalue weighted by Gasteiger charge is 2.33. The number of hydrogen-bond donors (Lipinski definition) is 2. The fraction of sp³-hybridized carbons (Fsp3) is 0.294. The molecule has 4 heteroatoms. The van der Waals surface area contributed by atoms with Crippen LogP contribution in [0.25, 0.3) is 0 Å². The molecular formula is C17H20N2O2. The molecule has 3 N–H and O–H groups in total. The summed E-state index contributed by atoms with van der Waals surface area (Å²) in [5.41, 5.74) is 6.79. The number of nitrogens with two attached hydrogens (primary N) is 1. The Hall–Kier alpha value is -2.04. The van der Waals surface area contributed by atoms with Crippen molar-refractivity contribution in [3.8, 4) is 11.5 Å². The van der Waals surface area contributed by atoms with E-state index in [-0.39, 0.29) is 6.04 Å². The average molecular weight is 284 g/mol. The molecule has 110 valence electrons. The SMILES string of the molecule is COc1cc(OC)cc(C(NN)C2Cc3ccccc32)c1. The first-order chi connectivity index (χ1) is 10.3. The maximum absolute atomic E-state index is 5.82. The molecule has 2 aromatic rings. The zero-order valence-electron chi connectivity index (χ0n) is 12.3. The second-order valence-corrected chi connectivity index (χ2v) is 5.30. The summed E-state index contributed by atoms with van der Waals surface area (Å²) in [6.45, 7) is 0. The molecule has 0 aromatic heterocycles. The minimum Gasteiger partial charge on any atom is -0.497 e. The third kappa shape index (κ3) is 2.48. The Morgan fingerprint density at radius 1 is 1.10 bits per heavy atom. The van der Waals surface area contributed by atoms with E-state index in [0.29, 0.717) is 5.92 Å². The monoisotopic (exact) mass is 284 g/mol. The van der Waals surface area contributed by atoms with E-state index in [2.05, 4.69) is 29.7 Å². The van der Waals surface area contributed by atoms with Gasteiger partial charge in [0.1, 0.15) is 11.5 Å². The molecule has 2 aromatic carbocycles. The van der Waals surface area contributed by atoms with Gasteiger partial charge in [0.15, 0.2) is 0 Å². The first-order valence-electron chi connectivity index (χ1n) is 7.03. The minimum absolute atomic E-state index is 0.0453. The molecule has 0 heterocycles. The molecule has 1 aliphatic carbocycles. The van der Waals surface area contributed by atoms with Crippen LogP contribution in [-0.2, 0) is 6.42 Å². The van der Waals surface area contributed by atoms with E-state index >= 15 is 0 Å². The smallest absolute Gasteiger partial charge is 0.122 e. The summed E-state index contributed by atoms with van der Waals surface area (Å²) in [6.07, 6.45) is 1.03. The Kier molecular flexibility index (Phi) is 3.82. The lowest BCUT2D eigenvalue weighted by Crippen LogP contribution is -2.37. The summed E-state index contributed by atoms with van der Waals surface area (Å²) in [7, 11) is 3.31. The molecule has 2 unspecified atom stereocenters. The zero-order chi connectivity index (χ0) is 14.8. The maximum Gasteiger partial charge on any atom is 0.122 e. The number of benzene rings is 2. The summed E-state index contributed by atoms with van der Waals surface area (Å²) >= 11 is 0. The van der Waals surface area contributed by atoms with Gasteiger partial charge in [-0.3, -0.25) is 11.3 Å². The van der Waals surface area contributed by atoms with Crippen LogP contribution in [-0.4, -0.2) is 14.2 Å². The van der Waals surface area contributed by atoms with E-state index < -0.39 is 0 Å². The normalized spacial score (nSPS) is 17.6. The molecule has 1 aliphatic rings. The fourth-order valence-electron chi connectivity index (χ4n) is 3.05. The summed E-state index contributed by atoms with van der Waals surface area (Å²) < 4.78 is 10.7. The van der Waals surface area contributed by atoms with Crippen LogP contribution in [0.3, 0.4) is 0 Å². The van der Waals surface area contributed by atoms with E-state index in [0.717, 1.165) is 23.5 Å². The molecule has 0 aliphatic heterocycles. The highest BCUT2D eigenvalue weighted by Crippen LogP contribution is 2.44. The van der Waals surface area contributed by atoms with Gasteiger partial charge in [-0.2, -0.15) is 0 Å². The van der Waals surface area contributed by atoms with E-state index in [1.165, 1.54) is 11.1 Å². The van der Waals surface area contributed by atoms with Crippen LogP contribution in [0.2, 0.25) is 0 Å². The molecule has 2 atom stereocenters. The first kappa shape index (κ1) is 13.9. The average Bonchev–Trinajstić information content (AvgIpc) is 2.52. The number of hydrogen-bond acceptors (Lipinski definition) is 4. The number of fused-ring (bicyclic) bond motifs is 1. The highest BCUT2D eigenvalue weighted by atomic mass is 16.5. The van der Waals surface area contributed by atoms with Gasteiger partial charge in [-0.15, -0.1) is 0 Å². The van der Waals surface area contributed by atoms with Crippen molar-refractivity contribution in [2.75, 3.05) is 14.2 Å². The van der Waals surface area contributed by atoms with E-state index in [1.54, 1.807) is 14.2 Å². The summed E-state index contributed by atoms with van der Waals surface area (Å²) in [4.78, 5) is 0. The molecule has 21 heavy (non-hydrogen) atoms. The van der Waals surface area contributed by atoms with Gasteiger partial charge in [0.05, 0.1) is 20.3 Å².